The summed E-state index contributed by atoms with van der Waals surface area (Å²) in [7, 11) is 1.68. The van der Waals surface area contributed by atoms with E-state index in [-0.39, 0.29) is 6.09 Å². The van der Waals surface area contributed by atoms with Crippen LogP contribution in [0.2, 0.25) is 0 Å². The van der Waals surface area contributed by atoms with Gasteiger partial charge in [-0.25, -0.2) is 4.79 Å². The van der Waals surface area contributed by atoms with Crippen LogP contribution in [0.15, 0.2) is 24.3 Å². The largest absolute Gasteiger partial charge is 0.497 e. The third-order valence-electron chi connectivity index (χ3n) is 3.97. The number of carbonyl (C=O) groups is 1. The average Bonchev–Trinajstić information content (AvgIpc) is 2.71. The molecular weight excluding hydrogens is 278 g/mol. The highest BCUT2D eigenvalue weighted by atomic mass is 16.6. The smallest absolute Gasteiger partial charge is 0.410 e. The lowest BCUT2D eigenvalue weighted by Crippen LogP contribution is -2.37. The zero-order valence-electron chi connectivity index (χ0n) is 14.1. The summed E-state index contributed by atoms with van der Waals surface area (Å²) in [4.78, 5) is 14.0. The van der Waals surface area contributed by atoms with Crippen LogP contribution in [0, 0.1) is 0 Å². The van der Waals surface area contributed by atoms with Crippen LogP contribution in [0.5, 0.6) is 5.75 Å². The van der Waals surface area contributed by atoms with E-state index < -0.39 is 5.60 Å². The van der Waals surface area contributed by atoms with Gasteiger partial charge in [-0.05, 0) is 63.6 Å². The normalized spacial score (nSPS) is 19.5. The summed E-state index contributed by atoms with van der Waals surface area (Å²) in [6.45, 7) is 7.25. The Kier molecular flexibility index (Phi) is 5.33. The monoisotopic (exact) mass is 305 g/mol. The van der Waals surface area contributed by atoms with Gasteiger partial charge in [0.15, 0.2) is 0 Å². The minimum Gasteiger partial charge on any atom is -0.497 e. The molecule has 4 nitrogen and oxygen atoms in total. The van der Waals surface area contributed by atoms with Crippen molar-refractivity contribution in [2.45, 2.75) is 51.6 Å². The van der Waals surface area contributed by atoms with Gasteiger partial charge in [0.1, 0.15) is 11.4 Å². The molecule has 1 aliphatic rings. The van der Waals surface area contributed by atoms with Gasteiger partial charge in [-0.15, -0.1) is 0 Å². The maximum absolute atomic E-state index is 12.2. The summed E-state index contributed by atoms with van der Waals surface area (Å²) in [5, 5.41) is 0. The van der Waals surface area contributed by atoms with Gasteiger partial charge in [-0.2, -0.15) is 0 Å². The molecule has 1 amide bonds. The summed E-state index contributed by atoms with van der Waals surface area (Å²) < 4.78 is 10.7. The molecule has 1 aromatic carbocycles. The van der Waals surface area contributed by atoms with Gasteiger partial charge >= 0.3 is 6.09 Å². The molecule has 0 saturated carbocycles. The molecule has 2 rings (SSSR count). The lowest BCUT2D eigenvalue weighted by atomic mass is 9.92. The van der Waals surface area contributed by atoms with Gasteiger partial charge in [0.2, 0.25) is 0 Å². The molecule has 122 valence electrons. The minimum absolute atomic E-state index is 0.192. The van der Waals surface area contributed by atoms with Gasteiger partial charge in [-0.3, -0.25) is 0 Å². The maximum atomic E-state index is 12.2. The van der Waals surface area contributed by atoms with Crippen LogP contribution in [0.4, 0.5) is 4.79 Å². The lowest BCUT2D eigenvalue weighted by molar-refractivity contribution is 0.0256. The molecule has 1 heterocycles. The number of nitrogens with zero attached hydrogens (tertiary/aromatic N) is 1. The van der Waals surface area contributed by atoms with Gasteiger partial charge in [0.25, 0.3) is 0 Å². The van der Waals surface area contributed by atoms with Crippen LogP contribution in [-0.2, 0) is 4.74 Å². The van der Waals surface area contributed by atoms with Crippen LogP contribution in [0.1, 0.15) is 51.5 Å². The molecule has 22 heavy (non-hydrogen) atoms. The predicted octanol–water partition coefficient (Wildman–Crippen LogP) is 4.20. The predicted molar refractivity (Wildman–Crippen MR) is 87.4 cm³/mol. The van der Waals surface area contributed by atoms with Crippen LogP contribution < -0.4 is 4.74 Å². The summed E-state index contributed by atoms with van der Waals surface area (Å²) in [6.07, 6.45) is 2.90. The Labute approximate surface area is 133 Å². The molecule has 1 atom stereocenters. The van der Waals surface area contributed by atoms with Crippen LogP contribution in [0.3, 0.4) is 0 Å². The molecule has 1 fully saturated rings. The number of amides is 1. The molecular formula is C18H27NO3. The molecule has 0 spiro atoms. The van der Waals surface area contributed by atoms with E-state index in [1.54, 1.807) is 7.11 Å². The highest BCUT2D eigenvalue weighted by Gasteiger charge is 2.25. The molecule has 1 aliphatic heterocycles. The van der Waals surface area contributed by atoms with Crippen molar-refractivity contribution in [2.75, 3.05) is 20.2 Å². The molecule has 0 aliphatic carbocycles. The van der Waals surface area contributed by atoms with Crippen molar-refractivity contribution in [2.24, 2.45) is 0 Å². The number of hydrogen-bond donors (Lipinski definition) is 0. The van der Waals surface area contributed by atoms with E-state index >= 15 is 0 Å². The second-order valence-corrected chi connectivity index (χ2v) is 6.87. The van der Waals surface area contributed by atoms with Crippen LogP contribution in [-0.4, -0.2) is 36.8 Å². The average molecular weight is 305 g/mol. The second kappa shape index (κ2) is 7.03. The number of ether oxygens (including phenoxy) is 2. The molecule has 4 heteroatoms. The van der Waals surface area contributed by atoms with Gasteiger partial charge < -0.3 is 14.4 Å². The summed E-state index contributed by atoms with van der Waals surface area (Å²) in [6, 6.07) is 8.27. The molecule has 0 bridgehead atoms. The van der Waals surface area contributed by atoms with E-state index in [4.69, 9.17) is 9.47 Å². The number of carbonyl (C=O) groups excluding carboxylic acids is 1. The van der Waals surface area contributed by atoms with Crippen molar-refractivity contribution in [1.29, 1.82) is 0 Å². The van der Waals surface area contributed by atoms with Gasteiger partial charge in [0, 0.05) is 13.1 Å². The van der Waals surface area contributed by atoms with Crippen molar-refractivity contribution in [3.63, 3.8) is 0 Å². The van der Waals surface area contributed by atoms with E-state index in [0.717, 1.165) is 38.1 Å². The first kappa shape index (κ1) is 16.7. The quantitative estimate of drug-likeness (QED) is 0.822. The number of methoxy groups -OCH3 is 1. The SMILES string of the molecule is COc1ccc(C2CCCN(C(=O)OC(C)(C)C)CC2)cc1. The third-order valence-corrected chi connectivity index (χ3v) is 3.97. The Morgan fingerprint density at radius 1 is 1.14 bits per heavy atom. The summed E-state index contributed by atoms with van der Waals surface area (Å²) in [5.41, 5.74) is 0.894. The zero-order valence-corrected chi connectivity index (χ0v) is 14.1. The van der Waals surface area contributed by atoms with Gasteiger partial charge in [-0.1, -0.05) is 12.1 Å². The summed E-state index contributed by atoms with van der Waals surface area (Å²) in [5.74, 6) is 1.38. The van der Waals surface area contributed by atoms with E-state index in [0.29, 0.717) is 5.92 Å². The van der Waals surface area contributed by atoms with E-state index in [1.165, 1.54) is 5.56 Å². The Hall–Kier alpha value is -1.71. The first-order valence-electron chi connectivity index (χ1n) is 8.01. The fourth-order valence-corrected chi connectivity index (χ4v) is 2.81. The standard InChI is InChI=1S/C18H27NO3/c1-18(2,3)22-17(20)19-12-5-6-14(11-13-19)15-7-9-16(21-4)10-8-15/h7-10,14H,5-6,11-13H2,1-4H3. The molecule has 0 N–H and O–H groups in total. The maximum Gasteiger partial charge on any atom is 0.410 e. The topological polar surface area (TPSA) is 38.8 Å². The Morgan fingerprint density at radius 2 is 1.82 bits per heavy atom. The van der Waals surface area contributed by atoms with E-state index in [9.17, 15) is 4.79 Å². The van der Waals surface area contributed by atoms with E-state index in [2.05, 4.69) is 12.1 Å². The van der Waals surface area contributed by atoms with Crippen LogP contribution in [0.25, 0.3) is 0 Å². The Balaban J connectivity index is 1.95. The second-order valence-electron chi connectivity index (χ2n) is 6.87. The van der Waals surface area contributed by atoms with Crippen LogP contribution >= 0.6 is 0 Å². The highest BCUT2D eigenvalue weighted by molar-refractivity contribution is 5.68. The first-order chi connectivity index (χ1) is 10.4. The fraction of sp³-hybridized carbons (Fsp3) is 0.611. The lowest BCUT2D eigenvalue weighted by Gasteiger charge is -2.26. The van der Waals surface area contributed by atoms with Crippen molar-refractivity contribution in [3.05, 3.63) is 29.8 Å². The number of benzene rings is 1. The number of hydrogen-bond acceptors (Lipinski definition) is 3. The first-order valence-corrected chi connectivity index (χ1v) is 8.01. The molecule has 0 radical (unpaired) electrons. The number of rotatable bonds is 2. The van der Waals surface area contributed by atoms with Crippen molar-refractivity contribution in [3.8, 4) is 5.75 Å². The molecule has 1 aromatic rings. The van der Waals surface area contributed by atoms with E-state index in [1.807, 2.05) is 37.8 Å². The van der Waals surface area contributed by atoms with Crippen molar-refractivity contribution >= 4 is 6.09 Å². The van der Waals surface area contributed by atoms with Crippen molar-refractivity contribution < 1.29 is 14.3 Å². The van der Waals surface area contributed by atoms with Gasteiger partial charge in [0.05, 0.1) is 7.11 Å². The molecule has 1 saturated heterocycles. The fourth-order valence-electron chi connectivity index (χ4n) is 2.81. The Bertz CT molecular complexity index is 490. The third kappa shape index (κ3) is 4.65. The zero-order chi connectivity index (χ0) is 16.2. The summed E-state index contributed by atoms with van der Waals surface area (Å²) >= 11 is 0. The van der Waals surface area contributed by atoms with Crippen molar-refractivity contribution in [1.82, 2.24) is 4.90 Å². The number of likely N-dealkylation sites (tertiary alicyclic amines) is 1. The molecule has 0 aromatic heterocycles. The highest BCUT2D eigenvalue weighted by Crippen LogP contribution is 2.29. The Morgan fingerprint density at radius 3 is 2.41 bits per heavy atom. The minimum atomic E-state index is -0.432. The molecule has 1 unspecified atom stereocenters.